The predicted molar refractivity (Wildman–Crippen MR) is 56.1 cm³/mol. The van der Waals surface area contributed by atoms with Crippen LogP contribution in [0, 0.1) is 0 Å². The molecule has 1 aromatic rings. The van der Waals surface area contributed by atoms with Gasteiger partial charge < -0.3 is 5.11 Å². The van der Waals surface area contributed by atoms with Gasteiger partial charge in [0.05, 0.1) is 12.0 Å². The predicted octanol–water partition coefficient (Wildman–Crippen LogP) is 2.91. The Morgan fingerprint density at radius 2 is 1.92 bits per heavy atom. The first-order valence-electron chi connectivity index (χ1n) is 4.60. The number of hydrogen-bond acceptors (Lipinski definition) is 1. The van der Waals surface area contributed by atoms with Gasteiger partial charge in [-0.15, -0.1) is 11.6 Å². The number of rotatable bonds is 4. The molecule has 0 saturated carbocycles. The lowest BCUT2D eigenvalue weighted by atomic mass is 10.1. The summed E-state index contributed by atoms with van der Waals surface area (Å²) in [4.78, 5) is 0. The zero-order valence-corrected chi connectivity index (χ0v) is 8.59. The van der Waals surface area contributed by atoms with Gasteiger partial charge in [-0.3, -0.25) is 0 Å². The molecule has 0 fully saturated rings. The van der Waals surface area contributed by atoms with Gasteiger partial charge in [0.1, 0.15) is 0 Å². The minimum absolute atomic E-state index is 0.257. The Morgan fingerprint density at radius 1 is 1.31 bits per heavy atom. The van der Waals surface area contributed by atoms with Crippen LogP contribution in [-0.2, 0) is 6.42 Å². The number of alkyl halides is 1. The van der Waals surface area contributed by atoms with Gasteiger partial charge in [0.15, 0.2) is 0 Å². The number of halogens is 1. The number of hydrogen-bond donors (Lipinski definition) is 1. The summed E-state index contributed by atoms with van der Waals surface area (Å²) in [7, 11) is 0. The van der Waals surface area contributed by atoms with Crippen LogP contribution in [0.15, 0.2) is 24.3 Å². The first-order valence-corrected chi connectivity index (χ1v) is 5.14. The zero-order chi connectivity index (χ0) is 9.68. The maximum Gasteiger partial charge on any atom is 0.0925 e. The third-order valence-electron chi connectivity index (χ3n) is 2.05. The molecule has 72 valence electrons. The van der Waals surface area contributed by atoms with Crippen LogP contribution in [0.3, 0.4) is 0 Å². The number of aliphatic hydroxyl groups is 1. The van der Waals surface area contributed by atoms with E-state index in [2.05, 4.69) is 19.1 Å². The third-order valence-corrected chi connectivity index (χ3v) is 2.34. The highest BCUT2D eigenvalue weighted by Gasteiger charge is 2.04. The summed E-state index contributed by atoms with van der Waals surface area (Å²) >= 11 is 5.54. The quantitative estimate of drug-likeness (QED) is 0.738. The maximum absolute atomic E-state index is 9.42. The Balaban J connectivity index is 2.69. The molecule has 0 bridgehead atoms. The third kappa shape index (κ3) is 3.02. The average Bonchev–Trinajstić information content (AvgIpc) is 2.18. The van der Waals surface area contributed by atoms with Crippen molar-refractivity contribution in [3.8, 4) is 0 Å². The van der Waals surface area contributed by atoms with Crippen molar-refractivity contribution in [3.63, 3.8) is 0 Å². The molecule has 13 heavy (non-hydrogen) atoms. The van der Waals surface area contributed by atoms with E-state index >= 15 is 0 Å². The molecule has 0 aliphatic carbocycles. The maximum atomic E-state index is 9.42. The first-order chi connectivity index (χ1) is 6.27. The summed E-state index contributed by atoms with van der Waals surface area (Å²) in [5.41, 5.74) is 2.21. The van der Waals surface area contributed by atoms with Gasteiger partial charge in [0.25, 0.3) is 0 Å². The van der Waals surface area contributed by atoms with Crippen LogP contribution >= 0.6 is 11.6 Å². The molecular formula is C11H15ClO. The monoisotopic (exact) mass is 198 g/mol. The van der Waals surface area contributed by atoms with Crippen LogP contribution < -0.4 is 0 Å². The molecule has 0 aliphatic rings. The van der Waals surface area contributed by atoms with E-state index in [-0.39, 0.29) is 5.88 Å². The van der Waals surface area contributed by atoms with Gasteiger partial charge in [0.2, 0.25) is 0 Å². The second kappa shape index (κ2) is 5.25. The minimum Gasteiger partial charge on any atom is -0.387 e. The van der Waals surface area contributed by atoms with E-state index in [1.807, 2.05) is 12.1 Å². The molecule has 1 atom stereocenters. The van der Waals surface area contributed by atoms with Crippen LogP contribution in [0.5, 0.6) is 0 Å². The Bertz CT molecular complexity index is 243. The molecule has 2 heteroatoms. The van der Waals surface area contributed by atoms with Gasteiger partial charge in [-0.05, 0) is 17.5 Å². The van der Waals surface area contributed by atoms with Crippen molar-refractivity contribution >= 4 is 11.6 Å². The van der Waals surface area contributed by atoms with Crippen LogP contribution in [0.25, 0.3) is 0 Å². The SMILES string of the molecule is CCCc1ccc(C(O)CCl)cc1. The summed E-state index contributed by atoms with van der Waals surface area (Å²) in [6, 6.07) is 7.99. The lowest BCUT2D eigenvalue weighted by Crippen LogP contribution is -1.98. The standard InChI is InChI=1S/C11H15ClO/c1-2-3-9-4-6-10(7-5-9)11(13)8-12/h4-7,11,13H,2-3,8H2,1H3. The highest BCUT2D eigenvalue weighted by atomic mass is 35.5. The molecule has 1 unspecified atom stereocenters. The number of aryl methyl sites for hydroxylation is 1. The molecule has 0 aromatic heterocycles. The van der Waals surface area contributed by atoms with E-state index in [1.165, 1.54) is 5.56 Å². The van der Waals surface area contributed by atoms with Gasteiger partial charge in [-0.1, -0.05) is 37.6 Å². The summed E-state index contributed by atoms with van der Waals surface area (Å²) in [5, 5.41) is 9.42. The highest BCUT2D eigenvalue weighted by molar-refractivity contribution is 6.18. The topological polar surface area (TPSA) is 20.2 Å². The summed E-state index contributed by atoms with van der Waals surface area (Å²) < 4.78 is 0. The summed E-state index contributed by atoms with van der Waals surface area (Å²) in [5.74, 6) is 0.257. The molecular weight excluding hydrogens is 184 g/mol. The van der Waals surface area contributed by atoms with Crippen LogP contribution in [0.1, 0.15) is 30.6 Å². The smallest absolute Gasteiger partial charge is 0.0925 e. The Hall–Kier alpha value is -0.530. The second-order valence-corrected chi connectivity index (χ2v) is 3.47. The van der Waals surface area contributed by atoms with Crippen molar-refractivity contribution in [1.82, 2.24) is 0 Å². The molecule has 0 amide bonds. The molecule has 0 saturated heterocycles. The molecule has 1 N–H and O–H groups in total. The van der Waals surface area contributed by atoms with Crippen molar-refractivity contribution in [1.29, 1.82) is 0 Å². The normalized spacial score (nSPS) is 12.8. The zero-order valence-electron chi connectivity index (χ0n) is 7.83. The highest BCUT2D eigenvalue weighted by Crippen LogP contribution is 2.15. The van der Waals surface area contributed by atoms with Gasteiger partial charge >= 0.3 is 0 Å². The van der Waals surface area contributed by atoms with E-state index in [9.17, 15) is 5.11 Å². The Kier molecular flexibility index (Phi) is 4.26. The largest absolute Gasteiger partial charge is 0.387 e. The second-order valence-electron chi connectivity index (χ2n) is 3.16. The van der Waals surface area contributed by atoms with Gasteiger partial charge in [-0.25, -0.2) is 0 Å². The lowest BCUT2D eigenvalue weighted by molar-refractivity contribution is 0.202. The summed E-state index contributed by atoms with van der Waals surface area (Å²) in [6.45, 7) is 2.15. The van der Waals surface area contributed by atoms with Crippen molar-refractivity contribution in [3.05, 3.63) is 35.4 Å². The fourth-order valence-corrected chi connectivity index (χ4v) is 1.46. The average molecular weight is 199 g/mol. The van der Waals surface area contributed by atoms with Crippen molar-refractivity contribution < 1.29 is 5.11 Å². The lowest BCUT2D eigenvalue weighted by Gasteiger charge is -2.07. The van der Waals surface area contributed by atoms with Crippen LogP contribution in [0.4, 0.5) is 0 Å². The van der Waals surface area contributed by atoms with Crippen LogP contribution in [0.2, 0.25) is 0 Å². The van der Waals surface area contributed by atoms with Crippen molar-refractivity contribution in [2.24, 2.45) is 0 Å². The fraction of sp³-hybridized carbons (Fsp3) is 0.455. The Labute approximate surface area is 84.4 Å². The molecule has 0 heterocycles. The minimum atomic E-state index is -0.530. The van der Waals surface area contributed by atoms with E-state index in [1.54, 1.807) is 0 Å². The van der Waals surface area contributed by atoms with E-state index in [4.69, 9.17) is 11.6 Å². The van der Waals surface area contributed by atoms with E-state index < -0.39 is 6.10 Å². The molecule has 0 aliphatic heterocycles. The number of aliphatic hydroxyl groups excluding tert-OH is 1. The fourth-order valence-electron chi connectivity index (χ4n) is 1.28. The van der Waals surface area contributed by atoms with Crippen molar-refractivity contribution in [2.75, 3.05) is 5.88 Å². The van der Waals surface area contributed by atoms with E-state index in [0.717, 1.165) is 18.4 Å². The molecule has 1 aromatic carbocycles. The first kappa shape index (κ1) is 10.6. The summed E-state index contributed by atoms with van der Waals surface area (Å²) in [6.07, 6.45) is 1.71. The van der Waals surface area contributed by atoms with Crippen LogP contribution in [-0.4, -0.2) is 11.0 Å². The molecule has 1 nitrogen and oxygen atoms in total. The number of benzene rings is 1. The van der Waals surface area contributed by atoms with Crippen molar-refractivity contribution in [2.45, 2.75) is 25.9 Å². The molecule has 0 radical (unpaired) electrons. The van der Waals surface area contributed by atoms with Gasteiger partial charge in [0, 0.05) is 0 Å². The molecule has 0 spiro atoms. The van der Waals surface area contributed by atoms with Gasteiger partial charge in [-0.2, -0.15) is 0 Å². The van der Waals surface area contributed by atoms with E-state index in [0.29, 0.717) is 0 Å². The Morgan fingerprint density at radius 3 is 2.38 bits per heavy atom. The molecule has 1 rings (SSSR count).